The summed E-state index contributed by atoms with van der Waals surface area (Å²) in [6, 6.07) is 6.69. The number of H-pyrrole nitrogens is 1. The third-order valence-corrected chi connectivity index (χ3v) is 5.57. The molecule has 9 nitrogen and oxygen atoms in total. The van der Waals surface area contributed by atoms with Crippen LogP contribution in [0.2, 0.25) is 0 Å². The monoisotopic (exact) mass is 424 g/mol. The zero-order chi connectivity index (χ0) is 21.7. The Morgan fingerprint density at radius 1 is 1.26 bits per heavy atom. The van der Waals surface area contributed by atoms with Crippen LogP contribution in [0, 0.1) is 11.6 Å². The average Bonchev–Trinajstić information content (AvgIpc) is 3.17. The molecule has 3 heterocycles. The normalized spacial score (nSPS) is 17.7. The number of benzene rings is 2. The van der Waals surface area contributed by atoms with E-state index in [4.69, 9.17) is 5.84 Å². The Bertz CT molecular complexity index is 1370. The van der Waals surface area contributed by atoms with E-state index < -0.39 is 29.2 Å². The molecule has 0 radical (unpaired) electrons. The van der Waals surface area contributed by atoms with Gasteiger partial charge >= 0.3 is 0 Å². The second kappa shape index (κ2) is 7.22. The van der Waals surface area contributed by atoms with Gasteiger partial charge in [-0.15, -0.1) is 0 Å². The van der Waals surface area contributed by atoms with Crippen LogP contribution in [0.3, 0.4) is 0 Å². The lowest BCUT2D eigenvalue weighted by Gasteiger charge is -2.34. The number of hydrazine groups is 1. The van der Waals surface area contributed by atoms with Crippen LogP contribution in [0.15, 0.2) is 41.5 Å². The lowest BCUT2D eigenvalue weighted by molar-refractivity contribution is 0.558. The van der Waals surface area contributed by atoms with Crippen LogP contribution in [0.4, 0.5) is 14.5 Å². The number of aryl methyl sites for hydroxylation is 1. The van der Waals surface area contributed by atoms with Crippen LogP contribution < -0.4 is 22.1 Å². The molecule has 0 aliphatic carbocycles. The van der Waals surface area contributed by atoms with Gasteiger partial charge in [0.25, 0.3) is 5.56 Å². The predicted octanol–water partition coefficient (Wildman–Crippen LogP) is 1.59. The minimum atomic E-state index is -0.555. The van der Waals surface area contributed by atoms with Crippen molar-refractivity contribution in [3.8, 4) is 0 Å². The van der Waals surface area contributed by atoms with Crippen molar-refractivity contribution in [1.82, 2.24) is 30.4 Å². The molecule has 2 aromatic heterocycles. The Morgan fingerprint density at radius 2 is 2.10 bits per heavy atom. The molecule has 4 aromatic rings. The first-order valence-corrected chi connectivity index (χ1v) is 9.52. The molecule has 0 saturated heterocycles. The lowest BCUT2D eigenvalue weighted by Crippen LogP contribution is -2.30. The molecular formula is C20H18F2N8O. The van der Waals surface area contributed by atoms with Gasteiger partial charge in [0.05, 0.1) is 23.0 Å². The van der Waals surface area contributed by atoms with E-state index in [1.807, 2.05) is 0 Å². The second-order valence-corrected chi connectivity index (χ2v) is 7.39. The standard InChI is InChI=1S/C20H18F2N8O/c1-30-19(24-8-26-30)16-17(9-2-3-13(22)10(4-9)7-25-23)27-14-6-11(21)5-12-15(14)18(16)28-29-20(12)31/h2-6,8,16-17,25,27H,7,23H2,1H3,(H,29,31)/t16-,17-/m1/s1. The van der Waals surface area contributed by atoms with Crippen LogP contribution in [0.5, 0.6) is 0 Å². The fourth-order valence-corrected chi connectivity index (χ4v) is 4.20. The average molecular weight is 424 g/mol. The van der Waals surface area contributed by atoms with Gasteiger partial charge in [0, 0.05) is 30.2 Å². The van der Waals surface area contributed by atoms with Gasteiger partial charge in [0.2, 0.25) is 0 Å². The SMILES string of the molecule is Cn1ncnc1[C@H]1c2n[nH]c(=O)c3cc(F)cc(c23)N[C@@H]1c1ccc(F)c(CNN)c1. The zero-order valence-corrected chi connectivity index (χ0v) is 16.4. The van der Waals surface area contributed by atoms with E-state index in [0.29, 0.717) is 28.2 Å². The maximum absolute atomic E-state index is 14.3. The summed E-state index contributed by atoms with van der Waals surface area (Å²) in [5, 5.41) is 14.9. The molecule has 158 valence electrons. The first-order valence-electron chi connectivity index (χ1n) is 9.52. The molecule has 2 aromatic carbocycles. The Hall–Kier alpha value is -3.70. The lowest BCUT2D eigenvalue weighted by atomic mass is 9.83. The number of rotatable bonds is 4. The topological polar surface area (TPSA) is 127 Å². The molecule has 0 fully saturated rings. The highest BCUT2D eigenvalue weighted by molar-refractivity contribution is 5.97. The van der Waals surface area contributed by atoms with Crippen LogP contribution in [0.1, 0.15) is 34.6 Å². The van der Waals surface area contributed by atoms with Gasteiger partial charge in [0.15, 0.2) is 0 Å². The molecule has 0 spiro atoms. The Balaban J connectivity index is 1.78. The largest absolute Gasteiger partial charge is 0.376 e. The van der Waals surface area contributed by atoms with Crippen molar-refractivity contribution in [2.45, 2.75) is 18.5 Å². The summed E-state index contributed by atoms with van der Waals surface area (Å²) >= 11 is 0. The summed E-state index contributed by atoms with van der Waals surface area (Å²) < 4.78 is 30.1. The van der Waals surface area contributed by atoms with Crippen LogP contribution >= 0.6 is 0 Å². The minimum Gasteiger partial charge on any atom is -0.376 e. The fourth-order valence-electron chi connectivity index (χ4n) is 4.20. The number of nitrogens with two attached hydrogens (primary N) is 1. The van der Waals surface area contributed by atoms with Crippen LogP contribution in [-0.4, -0.2) is 25.0 Å². The van der Waals surface area contributed by atoms with E-state index in [9.17, 15) is 13.6 Å². The summed E-state index contributed by atoms with van der Waals surface area (Å²) in [5.74, 6) is 4.52. The van der Waals surface area contributed by atoms with Crippen molar-refractivity contribution in [2.24, 2.45) is 12.9 Å². The quantitative estimate of drug-likeness (QED) is 0.289. The van der Waals surface area contributed by atoms with Crippen LogP contribution in [-0.2, 0) is 13.6 Å². The molecule has 31 heavy (non-hydrogen) atoms. The van der Waals surface area contributed by atoms with Gasteiger partial charge in [-0.2, -0.15) is 10.2 Å². The number of nitrogens with one attached hydrogen (secondary N) is 3. The number of halogens is 2. The van der Waals surface area contributed by atoms with Crippen molar-refractivity contribution >= 4 is 16.5 Å². The van der Waals surface area contributed by atoms with Crippen molar-refractivity contribution in [2.75, 3.05) is 5.32 Å². The van der Waals surface area contributed by atoms with Crippen molar-refractivity contribution in [3.05, 3.63) is 81.3 Å². The first kappa shape index (κ1) is 19.3. The van der Waals surface area contributed by atoms with E-state index in [2.05, 4.69) is 31.0 Å². The summed E-state index contributed by atoms with van der Waals surface area (Å²) in [5.41, 5.74) is 4.01. The second-order valence-electron chi connectivity index (χ2n) is 7.39. The smallest absolute Gasteiger partial charge is 0.272 e. The van der Waals surface area contributed by atoms with Gasteiger partial charge in [-0.1, -0.05) is 6.07 Å². The highest BCUT2D eigenvalue weighted by atomic mass is 19.1. The first-order chi connectivity index (χ1) is 15.0. The summed E-state index contributed by atoms with van der Waals surface area (Å²) in [6.07, 6.45) is 1.42. The molecule has 0 saturated carbocycles. The zero-order valence-electron chi connectivity index (χ0n) is 16.4. The van der Waals surface area contributed by atoms with E-state index in [1.54, 1.807) is 23.9 Å². The highest BCUT2D eigenvalue weighted by Crippen LogP contribution is 2.46. The van der Waals surface area contributed by atoms with E-state index >= 15 is 0 Å². The molecule has 5 N–H and O–H groups in total. The van der Waals surface area contributed by atoms with Gasteiger partial charge in [-0.05, 0) is 29.8 Å². The van der Waals surface area contributed by atoms with E-state index in [-0.39, 0.29) is 11.9 Å². The Morgan fingerprint density at radius 3 is 2.84 bits per heavy atom. The van der Waals surface area contributed by atoms with Crippen LogP contribution in [0.25, 0.3) is 10.8 Å². The van der Waals surface area contributed by atoms with Crippen molar-refractivity contribution < 1.29 is 8.78 Å². The molecule has 0 amide bonds. The maximum atomic E-state index is 14.3. The van der Waals surface area contributed by atoms with Crippen molar-refractivity contribution in [1.29, 1.82) is 0 Å². The Kier molecular flexibility index (Phi) is 4.49. The predicted molar refractivity (Wildman–Crippen MR) is 109 cm³/mol. The number of hydrogen-bond acceptors (Lipinski definition) is 7. The highest BCUT2D eigenvalue weighted by Gasteiger charge is 2.38. The molecule has 2 atom stereocenters. The molecular weight excluding hydrogens is 406 g/mol. The molecule has 1 aliphatic rings. The van der Waals surface area contributed by atoms with Crippen molar-refractivity contribution in [3.63, 3.8) is 0 Å². The summed E-state index contributed by atoms with van der Waals surface area (Å²) in [7, 11) is 1.75. The number of aromatic nitrogens is 5. The molecule has 0 bridgehead atoms. The number of hydrogen-bond donors (Lipinski definition) is 4. The molecule has 11 heteroatoms. The third kappa shape index (κ3) is 3.05. The number of anilines is 1. The van der Waals surface area contributed by atoms with E-state index in [0.717, 1.165) is 5.56 Å². The fraction of sp³-hybridized carbons (Fsp3) is 0.200. The summed E-state index contributed by atoms with van der Waals surface area (Å²) in [4.78, 5) is 16.7. The Labute approximate surface area is 174 Å². The molecule has 5 rings (SSSR count). The number of nitrogens with zero attached hydrogens (tertiary/aromatic N) is 4. The third-order valence-electron chi connectivity index (χ3n) is 5.57. The van der Waals surface area contributed by atoms with Gasteiger partial charge in [-0.25, -0.2) is 18.9 Å². The van der Waals surface area contributed by atoms with Gasteiger partial charge in [-0.3, -0.25) is 20.7 Å². The number of aromatic amines is 1. The van der Waals surface area contributed by atoms with Gasteiger partial charge in [0.1, 0.15) is 23.8 Å². The summed E-state index contributed by atoms with van der Waals surface area (Å²) in [6.45, 7) is 0.132. The van der Waals surface area contributed by atoms with E-state index in [1.165, 1.54) is 24.5 Å². The van der Waals surface area contributed by atoms with Gasteiger partial charge < -0.3 is 5.32 Å². The maximum Gasteiger partial charge on any atom is 0.272 e. The molecule has 1 aliphatic heterocycles. The minimum absolute atomic E-state index is 0.132. The molecule has 0 unspecified atom stereocenters.